The van der Waals surface area contributed by atoms with Crippen LogP contribution < -0.4 is 5.32 Å². The Kier molecular flexibility index (Phi) is 1.91. The first-order valence-electron chi connectivity index (χ1n) is 2.92. The van der Waals surface area contributed by atoms with E-state index in [1.54, 1.807) is 6.20 Å². The lowest BCUT2D eigenvalue weighted by Gasteiger charge is -2.12. The summed E-state index contributed by atoms with van der Waals surface area (Å²) in [5, 5.41) is 2.79. The van der Waals surface area contributed by atoms with Crippen molar-refractivity contribution in [1.82, 2.24) is 5.32 Å². The summed E-state index contributed by atoms with van der Waals surface area (Å²) in [5.41, 5.74) is -1.50. The lowest BCUT2D eigenvalue weighted by Crippen LogP contribution is -2.26. The lowest BCUT2D eigenvalue weighted by atomic mass is 10.1. The highest BCUT2D eigenvalue weighted by Crippen LogP contribution is 2.27. The van der Waals surface area contributed by atoms with Crippen molar-refractivity contribution in [3.05, 3.63) is 11.8 Å². The molecule has 12 heavy (non-hydrogen) atoms. The molecule has 0 aromatic heterocycles. The number of allylic oxidation sites excluding steroid dienone is 1. The maximum absolute atomic E-state index is 12.0. The monoisotopic (exact) mass is 176 g/mol. The standard InChI is InChI=1S/C6H3F3N2O/c1-3-4(6(7,8)9)2-10-5(12)11-3/h1H3. The van der Waals surface area contributed by atoms with Gasteiger partial charge in [-0.2, -0.15) is 23.5 Å². The molecule has 0 fully saturated rings. The first-order chi connectivity index (χ1) is 5.41. The molecule has 2 amide bonds. The highest BCUT2D eigenvalue weighted by atomic mass is 19.4. The summed E-state index contributed by atoms with van der Waals surface area (Å²) in [4.78, 5) is 13.4. The average Bonchev–Trinajstić information content (AvgIpc) is 1.83. The van der Waals surface area contributed by atoms with Gasteiger partial charge in [-0.3, -0.25) is 0 Å². The molecule has 1 heterocycles. The Morgan fingerprint density at radius 2 is 2.00 bits per heavy atom. The van der Waals surface area contributed by atoms with Crippen molar-refractivity contribution in [2.75, 3.05) is 0 Å². The fraction of sp³-hybridized carbons (Fsp3) is 0.333. The predicted octanol–water partition coefficient (Wildman–Crippen LogP) is 1.43. The van der Waals surface area contributed by atoms with Gasteiger partial charge in [0, 0.05) is 0 Å². The van der Waals surface area contributed by atoms with E-state index in [4.69, 9.17) is 0 Å². The molecule has 64 valence electrons. The summed E-state index contributed by atoms with van der Waals surface area (Å²) < 4.78 is 35.9. The minimum Gasteiger partial charge on any atom is -0.244 e. The highest BCUT2D eigenvalue weighted by Gasteiger charge is 2.38. The zero-order chi connectivity index (χ0) is 9.35. The molecule has 1 rings (SSSR count). The van der Waals surface area contributed by atoms with E-state index in [1.165, 1.54) is 0 Å². The minimum atomic E-state index is -4.54. The molecule has 0 spiro atoms. The second-order valence-corrected chi connectivity index (χ2v) is 2.08. The van der Waals surface area contributed by atoms with Crippen LogP contribution in [0.4, 0.5) is 18.0 Å². The number of hydrogen-bond acceptors (Lipinski definition) is 1. The Bertz CT molecular complexity index is 277. The number of halogens is 3. The van der Waals surface area contributed by atoms with Crippen LogP contribution in [-0.2, 0) is 0 Å². The number of amides is 2. The van der Waals surface area contributed by atoms with E-state index in [9.17, 15) is 18.0 Å². The van der Waals surface area contributed by atoms with Crippen molar-refractivity contribution >= 4 is 11.7 Å². The van der Waals surface area contributed by atoms with E-state index < -0.39 is 23.5 Å². The van der Waals surface area contributed by atoms with Gasteiger partial charge in [0.05, 0.1) is 5.71 Å². The molecule has 1 aliphatic rings. The predicted molar refractivity (Wildman–Crippen MR) is 33.5 cm³/mol. The number of carbonyl (C=O) groups is 1. The normalized spacial score (nSPS) is 18.2. The van der Waals surface area contributed by atoms with E-state index in [0.717, 1.165) is 6.92 Å². The number of hydrogen-bond donors (Lipinski definition) is 0. The molecule has 0 N–H and O–H groups in total. The number of alkyl halides is 3. The smallest absolute Gasteiger partial charge is 0.244 e. The van der Waals surface area contributed by atoms with Gasteiger partial charge in [-0.05, 0) is 6.92 Å². The summed E-state index contributed by atoms with van der Waals surface area (Å²) in [5.74, 6) is 0. The van der Waals surface area contributed by atoms with Gasteiger partial charge in [-0.15, -0.1) is 0 Å². The zero-order valence-electron chi connectivity index (χ0n) is 5.94. The van der Waals surface area contributed by atoms with Crippen LogP contribution in [0.1, 0.15) is 6.92 Å². The first-order valence-corrected chi connectivity index (χ1v) is 2.92. The zero-order valence-corrected chi connectivity index (χ0v) is 5.94. The van der Waals surface area contributed by atoms with Crippen LogP contribution in [0.25, 0.3) is 0 Å². The largest absolute Gasteiger partial charge is 0.420 e. The Morgan fingerprint density at radius 1 is 1.42 bits per heavy atom. The number of carbonyl (C=O) groups excluding carboxylic acids is 1. The summed E-state index contributed by atoms with van der Waals surface area (Å²) in [6.45, 7) is 1.09. The molecule has 0 saturated carbocycles. The quantitative estimate of drug-likeness (QED) is 0.550. The van der Waals surface area contributed by atoms with E-state index in [-0.39, 0.29) is 0 Å². The van der Waals surface area contributed by atoms with E-state index >= 15 is 0 Å². The molecule has 1 aliphatic heterocycles. The third-order valence-electron chi connectivity index (χ3n) is 1.17. The molecule has 0 aromatic rings. The Labute approximate surface area is 66.0 Å². The highest BCUT2D eigenvalue weighted by molar-refractivity contribution is 6.06. The van der Waals surface area contributed by atoms with Gasteiger partial charge in [-0.25, -0.2) is 4.79 Å². The van der Waals surface area contributed by atoms with E-state index in [0.29, 0.717) is 0 Å². The van der Waals surface area contributed by atoms with Crippen molar-refractivity contribution in [3.63, 3.8) is 0 Å². The van der Waals surface area contributed by atoms with E-state index in [1.807, 2.05) is 0 Å². The molecule has 2 radical (unpaired) electrons. The molecule has 6 heteroatoms. The average molecular weight is 176 g/mol. The van der Waals surface area contributed by atoms with Gasteiger partial charge in [-0.1, -0.05) is 0 Å². The van der Waals surface area contributed by atoms with Gasteiger partial charge >= 0.3 is 12.2 Å². The van der Waals surface area contributed by atoms with Crippen LogP contribution in [0.15, 0.2) is 10.6 Å². The topological polar surface area (TPSA) is 43.5 Å². The van der Waals surface area contributed by atoms with Crippen molar-refractivity contribution in [2.24, 2.45) is 4.99 Å². The van der Waals surface area contributed by atoms with Crippen LogP contribution in [0.2, 0.25) is 0 Å². The molecule has 0 bridgehead atoms. The van der Waals surface area contributed by atoms with Crippen molar-refractivity contribution in [1.29, 1.82) is 0 Å². The van der Waals surface area contributed by atoms with Gasteiger partial charge in [0.2, 0.25) is 0 Å². The lowest BCUT2D eigenvalue weighted by molar-refractivity contribution is -0.0869. The fourth-order valence-corrected chi connectivity index (χ4v) is 0.678. The van der Waals surface area contributed by atoms with Gasteiger partial charge < -0.3 is 0 Å². The van der Waals surface area contributed by atoms with Crippen LogP contribution in [0, 0.1) is 6.20 Å². The van der Waals surface area contributed by atoms with Gasteiger partial charge in [0.1, 0.15) is 11.8 Å². The van der Waals surface area contributed by atoms with Crippen LogP contribution in [0.5, 0.6) is 0 Å². The van der Waals surface area contributed by atoms with E-state index in [2.05, 4.69) is 10.3 Å². The van der Waals surface area contributed by atoms with Crippen LogP contribution in [0.3, 0.4) is 0 Å². The van der Waals surface area contributed by atoms with Crippen LogP contribution in [-0.4, -0.2) is 17.9 Å². The number of nitrogens with zero attached hydrogens (tertiary/aromatic N) is 2. The van der Waals surface area contributed by atoms with Crippen molar-refractivity contribution < 1.29 is 18.0 Å². The van der Waals surface area contributed by atoms with Crippen molar-refractivity contribution in [3.8, 4) is 0 Å². The first kappa shape index (κ1) is 8.76. The summed E-state index contributed by atoms with van der Waals surface area (Å²) in [7, 11) is 0. The Balaban J connectivity index is 2.96. The summed E-state index contributed by atoms with van der Waals surface area (Å²) in [6, 6.07) is -0.958. The summed E-state index contributed by atoms with van der Waals surface area (Å²) in [6.07, 6.45) is -2.95. The second kappa shape index (κ2) is 2.62. The van der Waals surface area contributed by atoms with Gasteiger partial charge in [0.25, 0.3) is 0 Å². The minimum absolute atomic E-state index is 0.400. The van der Waals surface area contributed by atoms with Crippen LogP contribution >= 0.6 is 0 Å². The number of aliphatic imine (C=N–C) groups is 1. The van der Waals surface area contributed by atoms with Crippen molar-refractivity contribution in [2.45, 2.75) is 13.1 Å². The number of urea groups is 1. The molecule has 0 atom stereocenters. The molecule has 0 aromatic carbocycles. The Hall–Kier alpha value is -1.33. The maximum Gasteiger partial charge on any atom is 0.420 e. The third-order valence-corrected chi connectivity index (χ3v) is 1.17. The molecule has 0 saturated heterocycles. The molecular weight excluding hydrogens is 173 g/mol. The maximum atomic E-state index is 12.0. The SMILES string of the molecule is CC1=NC(=O)[N][C]=C1C(F)(F)F. The molecular formula is C6H3F3N2O. The fourth-order valence-electron chi connectivity index (χ4n) is 0.678. The molecule has 0 unspecified atom stereocenters. The second-order valence-electron chi connectivity index (χ2n) is 2.08. The molecule has 0 aliphatic carbocycles. The molecule has 3 nitrogen and oxygen atoms in total. The Morgan fingerprint density at radius 3 is 2.42 bits per heavy atom. The van der Waals surface area contributed by atoms with Gasteiger partial charge in [0.15, 0.2) is 0 Å². The summed E-state index contributed by atoms with van der Waals surface area (Å²) >= 11 is 0. The third kappa shape index (κ3) is 1.63. The number of rotatable bonds is 0.